The minimum Gasteiger partial charge on any atom is -0.494 e. The lowest BCUT2D eigenvalue weighted by atomic mass is 9.87. The molecule has 3 amide bonds. The van der Waals surface area contributed by atoms with E-state index < -0.39 is 17.5 Å². The molecular formula is C21H21ClN2O4. The summed E-state index contributed by atoms with van der Waals surface area (Å²) in [6.45, 7) is 3.88. The number of hydrogen-bond donors (Lipinski definition) is 1. The smallest absolute Gasteiger partial charge is 0.325 e. The zero-order valence-corrected chi connectivity index (χ0v) is 16.5. The third kappa shape index (κ3) is 3.60. The molecule has 146 valence electrons. The largest absolute Gasteiger partial charge is 0.494 e. The summed E-state index contributed by atoms with van der Waals surface area (Å²) in [6.07, 6.45) is 0.354. The van der Waals surface area contributed by atoms with Gasteiger partial charge in [-0.2, -0.15) is 0 Å². The second kappa shape index (κ2) is 8.02. The molecule has 1 atom stereocenters. The third-order valence-corrected chi connectivity index (χ3v) is 5.08. The molecule has 0 aromatic heterocycles. The number of ketones is 1. The Morgan fingerprint density at radius 2 is 1.71 bits per heavy atom. The Morgan fingerprint density at radius 1 is 1.07 bits per heavy atom. The van der Waals surface area contributed by atoms with Crippen LogP contribution in [-0.4, -0.2) is 35.8 Å². The highest BCUT2D eigenvalue weighted by Gasteiger charge is 2.51. The van der Waals surface area contributed by atoms with Gasteiger partial charge in [-0.25, -0.2) is 4.79 Å². The van der Waals surface area contributed by atoms with Crippen LogP contribution in [0.4, 0.5) is 4.79 Å². The molecule has 1 heterocycles. The predicted molar refractivity (Wildman–Crippen MR) is 106 cm³/mol. The van der Waals surface area contributed by atoms with Crippen molar-refractivity contribution in [3.63, 3.8) is 0 Å². The van der Waals surface area contributed by atoms with E-state index in [1.165, 1.54) is 0 Å². The van der Waals surface area contributed by atoms with Gasteiger partial charge in [0.05, 0.1) is 13.2 Å². The Bertz CT molecular complexity index is 896. The average molecular weight is 401 g/mol. The van der Waals surface area contributed by atoms with Crippen molar-refractivity contribution in [2.45, 2.75) is 25.8 Å². The van der Waals surface area contributed by atoms with Crippen LogP contribution in [0.3, 0.4) is 0 Å². The number of nitrogens with one attached hydrogen (secondary N) is 1. The number of nitrogens with zero attached hydrogens (tertiary/aromatic N) is 1. The van der Waals surface area contributed by atoms with E-state index in [0.717, 1.165) is 4.90 Å². The number of hydrogen-bond acceptors (Lipinski definition) is 4. The van der Waals surface area contributed by atoms with E-state index in [2.05, 4.69) is 5.32 Å². The Balaban J connectivity index is 1.81. The van der Waals surface area contributed by atoms with Gasteiger partial charge in [-0.15, -0.1) is 0 Å². The number of carbonyl (C=O) groups excluding carboxylic acids is 3. The van der Waals surface area contributed by atoms with Crippen LogP contribution in [0.1, 0.15) is 36.2 Å². The molecule has 0 spiro atoms. The van der Waals surface area contributed by atoms with Crippen LogP contribution in [-0.2, 0) is 10.3 Å². The number of carbonyl (C=O) groups is 3. The predicted octanol–water partition coefficient (Wildman–Crippen LogP) is 3.78. The highest BCUT2D eigenvalue weighted by atomic mass is 35.5. The van der Waals surface area contributed by atoms with Crippen LogP contribution in [0.2, 0.25) is 5.02 Å². The molecule has 6 nitrogen and oxygen atoms in total. The van der Waals surface area contributed by atoms with Crippen LogP contribution in [0.25, 0.3) is 0 Å². The second-order valence-corrected chi connectivity index (χ2v) is 6.90. The highest BCUT2D eigenvalue weighted by Crippen LogP contribution is 2.33. The first-order chi connectivity index (χ1) is 13.4. The molecule has 1 aliphatic heterocycles. The van der Waals surface area contributed by atoms with E-state index in [1.54, 1.807) is 48.5 Å². The van der Waals surface area contributed by atoms with Crippen LogP contribution < -0.4 is 10.1 Å². The van der Waals surface area contributed by atoms with Gasteiger partial charge < -0.3 is 10.1 Å². The van der Waals surface area contributed by atoms with Crippen molar-refractivity contribution in [3.8, 4) is 5.75 Å². The zero-order valence-electron chi connectivity index (χ0n) is 15.7. The molecule has 1 saturated heterocycles. The molecule has 0 aliphatic carbocycles. The standard InChI is InChI=1S/C21H21ClN2O4/c1-3-21(15-7-9-16(22)10-8-15)19(26)24(20(27)23-21)13-18(25)14-5-11-17(12-6-14)28-4-2/h5-12H,3-4,13H2,1-2H3,(H,23,27). The van der Waals surface area contributed by atoms with Crippen LogP contribution in [0, 0.1) is 0 Å². The average Bonchev–Trinajstić information content (AvgIpc) is 2.94. The Morgan fingerprint density at radius 3 is 2.29 bits per heavy atom. The monoisotopic (exact) mass is 400 g/mol. The van der Waals surface area contributed by atoms with E-state index in [-0.39, 0.29) is 12.3 Å². The van der Waals surface area contributed by atoms with Crippen LogP contribution >= 0.6 is 11.6 Å². The Kier molecular flexibility index (Phi) is 5.70. The molecule has 0 saturated carbocycles. The molecule has 2 aromatic rings. The minimum absolute atomic E-state index is 0.324. The van der Waals surface area contributed by atoms with Crippen LogP contribution in [0.15, 0.2) is 48.5 Å². The fourth-order valence-corrected chi connectivity index (χ4v) is 3.41. The first-order valence-electron chi connectivity index (χ1n) is 9.07. The fraction of sp³-hybridized carbons (Fsp3) is 0.286. The van der Waals surface area contributed by atoms with Gasteiger partial charge in [0.2, 0.25) is 0 Å². The van der Waals surface area contributed by atoms with Crippen molar-refractivity contribution >= 4 is 29.3 Å². The van der Waals surface area contributed by atoms with Gasteiger partial charge in [0.1, 0.15) is 11.3 Å². The number of rotatable bonds is 7. The van der Waals surface area contributed by atoms with Crippen molar-refractivity contribution in [1.29, 1.82) is 0 Å². The lowest BCUT2D eigenvalue weighted by Crippen LogP contribution is -2.43. The molecule has 0 bridgehead atoms. The number of amides is 3. The highest BCUT2D eigenvalue weighted by molar-refractivity contribution is 6.30. The number of urea groups is 1. The quantitative estimate of drug-likeness (QED) is 0.567. The molecule has 7 heteroatoms. The summed E-state index contributed by atoms with van der Waals surface area (Å²) in [5, 5.41) is 3.29. The fourth-order valence-electron chi connectivity index (χ4n) is 3.28. The van der Waals surface area contributed by atoms with Gasteiger partial charge in [0.25, 0.3) is 5.91 Å². The minimum atomic E-state index is -1.19. The Labute approximate surface area is 168 Å². The number of Topliss-reactive ketones (excluding diaryl/α,β-unsaturated/α-hetero) is 1. The maximum absolute atomic E-state index is 13.1. The summed E-state index contributed by atoms with van der Waals surface area (Å²) in [4.78, 5) is 39.2. The molecule has 0 radical (unpaired) electrons. The van der Waals surface area contributed by atoms with E-state index in [9.17, 15) is 14.4 Å². The zero-order chi connectivity index (χ0) is 20.3. The molecule has 1 unspecified atom stereocenters. The topological polar surface area (TPSA) is 75.7 Å². The number of imide groups is 1. The summed E-state index contributed by atoms with van der Waals surface area (Å²) in [5.41, 5.74) is -0.154. The third-order valence-electron chi connectivity index (χ3n) is 4.83. The SMILES string of the molecule is CCOc1ccc(C(=O)CN2C(=O)NC(CC)(c3ccc(Cl)cc3)C2=O)cc1. The van der Waals surface area contributed by atoms with Crippen molar-refractivity contribution in [1.82, 2.24) is 10.2 Å². The molecule has 1 aliphatic rings. The first kappa shape index (κ1) is 19.9. The summed E-state index contributed by atoms with van der Waals surface area (Å²) >= 11 is 5.93. The van der Waals surface area contributed by atoms with Gasteiger partial charge in [-0.05, 0) is 55.3 Å². The maximum Gasteiger partial charge on any atom is 0.325 e. The Hall–Kier alpha value is -2.86. The molecule has 3 rings (SSSR count). The molecule has 2 aromatic carbocycles. The lowest BCUT2D eigenvalue weighted by Gasteiger charge is -2.25. The number of benzene rings is 2. The van der Waals surface area contributed by atoms with E-state index >= 15 is 0 Å². The molecule has 28 heavy (non-hydrogen) atoms. The summed E-state index contributed by atoms with van der Waals surface area (Å²) in [6, 6.07) is 12.8. The summed E-state index contributed by atoms with van der Waals surface area (Å²) in [7, 11) is 0. The summed E-state index contributed by atoms with van der Waals surface area (Å²) < 4.78 is 5.36. The van der Waals surface area contributed by atoms with E-state index in [1.807, 2.05) is 13.8 Å². The van der Waals surface area contributed by atoms with E-state index in [4.69, 9.17) is 16.3 Å². The van der Waals surface area contributed by atoms with Crippen LogP contribution in [0.5, 0.6) is 5.75 Å². The molecule has 1 fully saturated rings. The van der Waals surface area contributed by atoms with Crippen molar-refractivity contribution < 1.29 is 19.1 Å². The summed E-state index contributed by atoms with van der Waals surface area (Å²) in [5.74, 6) is -0.113. The van der Waals surface area contributed by atoms with Gasteiger partial charge in [-0.3, -0.25) is 14.5 Å². The van der Waals surface area contributed by atoms with Gasteiger partial charge in [0.15, 0.2) is 5.78 Å². The maximum atomic E-state index is 13.1. The lowest BCUT2D eigenvalue weighted by molar-refractivity contribution is -0.131. The van der Waals surface area contributed by atoms with Crippen molar-refractivity contribution in [2.24, 2.45) is 0 Å². The first-order valence-corrected chi connectivity index (χ1v) is 9.45. The van der Waals surface area contributed by atoms with Crippen molar-refractivity contribution in [3.05, 3.63) is 64.7 Å². The molecule has 1 N–H and O–H groups in total. The van der Waals surface area contributed by atoms with Gasteiger partial charge >= 0.3 is 6.03 Å². The number of ether oxygens (including phenoxy) is 1. The van der Waals surface area contributed by atoms with E-state index in [0.29, 0.717) is 34.9 Å². The second-order valence-electron chi connectivity index (χ2n) is 6.47. The van der Waals surface area contributed by atoms with Gasteiger partial charge in [-0.1, -0.05) is 30.7 Å². The molecular weight excluding hydrogens is 380 g/mol. The van der Waals surface area contributed by atoms with Gasteiger partial charge in [0, 0.05) is 10.6 Å². The normalized spacial score (nSPS) is 18.9. The number of halogens is 1. The van der Waals surface area contributed by atoms with Crippen molar-refractivity contribution in [2.75, 3.05) is 13.2 Å².